The molecule has 5 heteroatoms. The minimum atomic E-state index is -0.00361. The van der Waals surface area contributed by atoms with Crippen LogP contribution < -0.4 is 4.74 Å². The number of carbonyl (C=O) groups is 1. The van der Waals surface area contributed by atoms with Crippen LogP contribution in [0.2, 0.25) is 0 Å². The molecule has 0 N–H and O–H groups in total. The number of ether oxygens (including phenoxy) is 1. The fraction of sp³-hybridized carbons (Fsp3) is 0.444. The van der Waals surface area contributed by atoms with E-state index in [2.05, 4.69) is 12.0 Å². The molecule has 0 unspecified atom stereocenters. The lowest BCUT2D eigenvalue weighted by molar-refractivity contribution is 0.0784. The fourth-order valence-corrected chi connectivity index (χ4v) is 2.66. The van der Waals surface area contributed by atoms with Gasteiger partial charge in [-0.05, 0) is 52.0 Å². The molecule has 0 aliphatic rings. The van der Waals surface area contributed by atoms with E-state index in [1.165, 1.54) is 0 Å². The summed E-state index contributed by atoms with van der Waals surface area (Å²) in [5.41, 5.74) is 3.88. The zero-order chi connectivity index (χ0) is 17.0. The van der Waals surface area contributed by atoms with Crippen LogP contribution in [-0.2, 0) is 13.1 Å². The quantitative estimate of drug-likeness (QED) is 0.822. The highest BCUT2D eigenvalue weighted by atomic mass is 16.5. The lowest BCUT2D eigenvalue weighted by atomic mass is 10.1. The number of amides is 1. The van der Waals surface area contributed by atoms with Crippen LogP contribution in [-0.4, -0.2) is 34.2 Å². The number of hydrogen-bond acceptors (Lipinski definition) is 3. The van der Waals surface area contributed by atoms with E-state index in [-0.39, 0.29) is 5.91 Å². The summed E-state index contributed by atoms with van der Waals surface area (Å²) >= 11 is 0. The third-order valence-corrected chi connectivity index (χ3v) is 3.99. The van der Waals surface area contributed by atoms with Crippen molar-refractivity contribution >= 4 is 5.91 Å². The number of aromatic nitrogens is 2. The Morgan fingerprint density at radius 3 is 2.39 bits per heavy atom. The Kier molecular flexibility index (Phi) is 5.42. The second-order valence-corrected chi connectivity index (χ2v) is 5.58. The number of benzene rings is 1. The molecule has 5 nitrogen and oxygen atoms in total. The molecule has 2 rings (SSSR count). The fourth-order valence-electron chi connectivity index (χ4n) is 2.66. The molecular weight excluding hydrogens is 290 g/mol. The summed E-state index contributed by atoms with van der Waals surface area (Å²) in [7, 11) is 1.82. The monoisotopic (exact) mass is 315 g/mol. The molecule has 0 radical (unpaired) electrons. The van der Waals surface area contributed by atoms with Gasteiger partial charge in [-0.2, -0.15) is 5.10 Å². The van der Waals surface area contributed by atoms with Gasteiger partial charge in [0.15, 0.2) is 0 Å². The van der Waals surface area contributed by atoms with Crippen molar-refractivity contribution in [2.75, 3.05) is 13.7 Å². The molecule has 1 amide bonds. The summed E-state index contributed by atoms with van der Waals surface area (Å²) in [4.78, 5) is 14.3. The number of carbonyl (C=O) groups excluding carboxylic acids is 1. The number of nitrogens with zero attached hydrogens (tertiary/aromatic N) is 3. The second-order valence-electron chi connectivity index (χ2n) is 5.58. The van der Waals surface area contributed by atoms with Crippen molar-refractivity contribution in [1.29, 1.82) is 0 Å². The van der Waals surface area contributed by atoms with Gasteiger partial charge in [0.1, 0.15) is 5.75 Å². The Hall–Kier alpha value is -2.30. The number of rotatable bonds is 6. The Balaban J connectivity index is 2.12. The molecule has 0 fully saturated rings. The van der Waals surface area contributed by atoms with Gasteiger partial charge in [0, 0.05) is 37.0 Å². The van der Waals surface area contributed by atoms with Gasteiger partial charge in [-0.25, -0.2) is 0 Å². The summed E-state index contributed by atoms with van der Waals surface area (Å²) in [5, 5.41) is 4.51. The van der Waals surface area contributed by atoms with E-state index in [0.717, 1.165) is 29.2 Å². The number of aryl methyl sites for hydroxylation is 2. The molecular formula is C18H25N3O2. The predicted octanol–water partition coefficient (Wildman–Crippen LogP) is 3.19. The van der Waals surface area contributed by atoms with Gasteiger partial charge >= 0.3 is 0 Å². The molecule has 0 saturated carbocycles. The SMILES string of the molecule is CCOc1ccc(C(=O)N(C)Cc2c(C)nn(CC)c2C)cc1. The maximum atomic E-state index is 12.6. The van der Waals surface area contributed by atoms with Gasteiger partial charge in [-0.1, -0.05) is 0 Å². The minimum absolute atomic E-state index is 0.00361. The first-order valence-corrected chi connectivity index (χ1v) is 7.99. The van der Waals surface area contributed by atoms with Crippen molar-refractivity contribution < 1.29 is 9.53 Å². The molecule has 1 aromatic heterocycles. The van der Waals surface area contributed by atoms with E-state index in [4.69, 9.17) is 4.74 Å². The Bertz CT molecular complexity index is 674. The van der Waals surface area contributed by atoms with Crippen LogP contribution in [0.4, 0.5) is 0 Å². The van der Waals surface area contributed by atoms with Gasteiger partial charge in [0.05, 0.1) is 12.3 Å². The standard InChI is InChI=1S/C18H25N3O2/c1-6-21-14(4)17(13(3)19-21)12-20(5)18(22)15-8-10-16(11-9-15)23-7-2/h8-11H,6-7,12H2,1-5H3. The van der Waals surface area contributed by atoms with Gasteiger partial charge in [0.2, 0.25) is 0 Å². The summed E-state index contributed by atoms with van der Waals surface area (Å²) in [6, 6.07) is 7.27. The second kappa shape index (κ2) is 7.31. The third kappa shape index (κ3) is 3.73. The minimum Gasteiger partial charge on any atom is -0.494 e. The van der Waals surface area contributed by atoms with Crippen LogP contribution in [0, 0.1) is 13.8 Å². The number of hydrogen-bond donors (Lipinski definition) is 0. The highest BCUT2D eigenvalue weighted by molar-refractivity contribution is 5.94. The molecule has 0 aliphatic heterocycles. The van der Waals surface area contributed by atoms with E-state index >= 15 is 0 Å². The van der Waals surface area contributed by atoms with Crippen LogP contribution in [0.1, 0.15) is 41.2 Å². The third-order valence-electron chi connectivity index (χ3n) is 3.99. The molecule has 23 heavy (non-hydrogen) atoms. The first-order chi connectivity index (χ1) is 11.0. The van der Waals surface area contributed by atoms with Gasteiger partial charge in [-0.3, -0.25) is 9.48 Å². The zero-order valence-corrected chi connectivity index (χ0v) is 14.6. The first kappa shape index (κ1) is 17.1. The van der Waals surface area contributed by atoms with E-state index < -0.39 is 0 Å². The molecule has 0 atom stereocenters. The van der Waals surface area contributed by atoms with Crippen LogP contribution in [0.3, 0.4) is 0 Å². The average Bonchev–Trinajstić information content (AvgIpc) is 2.82. The van der Waals surface area contributed by atoms with Crippen LogP contribution in [0.5, 0.6) is 5.75 Å². The molecule has 2 aromatic rings. The maximum Gasteiger partial charge on any atom is 0.253 e. The molecule has 1 aromatic carbocycles. The highest BCUT2D eigenvalue weighted by Crippen LogP contribution is 2.18. The molecule has 0 aliphatic carbocycles. The summed E-state index contributed by atoms with van der Waals surface area (Å²) in [6.45, 7) is 10.1. The lowest BCUT2D eigenvalue weighted by Crippen LogP contribution is -2.26. The van der Waals surface area contributed by atoms with Gasteiger partial charge in [0.25, 0.3) is 5.91 Å². The zero-order valence-electron chi connectivity index (χ0n) is 14.6. The maximum absolute atomic E-state index is 12.6. The van der Waals surface area contributed by atoms with E-state index in [0.29, 0.717) is 18.7 Å². The van der Waals surface area contributed by atoms with E-state index in [1.807, 2.05) is 44.6 Å². The van der Waals surface area contributed by atoms with E-state index in [9.17, 15) is 4.79 Å². The van der Waals surface area contributed by atoms with Crippen molar-refractivity contribution in [3.63, 3.8) is 0 Å². The van der Waals surface area contributed by atoms with Crippen LogP contribution in [0.25, 0.3) is 0 Å². The predicted molar refractivity (Wildman–Crippen MR) is 90.8 cm³/mol. The smallest absolute Gasteiger partial charge is 0.253 e. The first-order valence-electron chi connectivity index (χ1n) is 7.99. The Morgan fingerprint density at radius 1 is 1.22 bits per heavy atom. The molecule has 0 spiro atoms. The van der Waals surface area contributed by atoms with Crippen molar-refractivity contribution in [3.8, 4) is 5.75 Å². The normalized spacial score (nSPS) is 10.7. The summed E-state index contributed by atoms with van der Waals surface area (Å²) in [5.74, 6) is 0.777. The Morgan fingerprint density at radius 2 is 1.87 bits per heavy atom. The van der Waals surface area contributed by atoms with Crippen molar-refractivity contribution in [3.05, 3.63) is 46.8 Å². The van der Waals surface area contributed by atoms with Crippen molar-refractivity contribution in [2.45, 2.75) is 40.8 Å². The van der Waals surface area contributed by atoms with Crippen LogP contribution >= 0.6 is 0 Å². The van der Waals surface area contributed by atoms with Crippen molar-refractivity contribution in [1.82, 2.24) is 14.7 Å². The van der Waals surface area contributed by atoms with E-state index in [1.54, 1.807) is 17.0 Å². The highest BCUT2D eigenvalue weighted by Gasteiger charge is 2.17. The largest absolute Gasteiger partial charge is 0.494 e. The van der Waals surface area contributed by atoms with Gasteiger partial charge < -0.3 is 9.64 Å². The average molecular weight is 315 g/mol. The lowest BCUT2D eigenvalue weighted by Gasteiger charge is -2.18. The molecule has 0 bridgehead atoms. The van der Waals surface area contributed by atoms with Crippen LogP contribution in [0.15, 0.2) is 24.3 Å². The molecule has 0 saturated heterocycles. The Labute approximate surface area is 137 Å². The summed E-state index contributed by atoms with van der Waals surface area (Å²) in [6.07, 6.45) is 0. The topological polar surface area (TPSA) is 47.4 Å². The van der Waals surface area contributed by atoms with Gasteiger partial charge in [-0.15, -0.1) is 0 Å². The van der Waals surface area contributed by atoms with Crippen molar-refractivity contribution in [2.24, 2.45) is 0 Å². The molecule has 124 valence electrons. The molecule has 1 heterocycles. The summed E-state index contributed by atoms with van der Waals surface area (Å²) < 4.78 is 7.38.